The number of nitrogens with zero attached hydrogens (tertiary/aromatic N) is 3. The Hall–Kier alpha value is -3.74. The first-order valence-corrected chi connectivity index (χ1v) is 11.1. The Kier molecular flexibility index (Phi) is 5.31. The number of carbonyl (C=O) groups is 1. The fraction of sp³-hybridized carbons (Fsp3) is 0.280. The van der Waals surface area contributed by atoms with Gasteiger partial charge < -0.3 is 24.9 Å². The molecule has 2 aromatic carbocycles. The first-order valence-electron chi connectivity index (χ1n) is 11.1. The molecular weight excluding hydrogens is 402 g/mol. The Morgan fingerprint density at radius 3 is 2.72 bits per heavy atom. The van der Waals surface area contributed by atoms with Gasteiger partial charge in [-0.15, -0.1) is 0 Å². The minimum Gasteiger partial charge on any atom is -0.492 e. The molecule has 0 unspecified atom stereocenters. The summed E-state index contributed by atoms with van der Waals surface area (Å²) in [5.74, 6) is 1.11. The van der Waals surface area contributed by atoms with Gasteiger partial charge in [0.25, 0.3) is 0 Å². The van der Waals surface area contributed by atoms with Gasteiger partial charge in [0, 0.05) is 47.6 Å². The number of ether oxygens (including phenoxy) is 1. The van der Waals surface area contributed by atoms with Crippen LogP contribution in [-0.4, -0.2) is 26.6 Å². The zero-order chi connectivity index (χ0) is 22.1. The number of anilines is 2. The number of aromatic nitrogens is 3. The van der Waals surface area contributed by atoms with Crippen LogP contribution in [0.1, 0.15) is 19.8 Å². The highest BCUT2D eigenvalue weighted by molar-refractivity contribution is 6.01. The van der Waals surface area contributed by atoms with Crippen molar-refractivity contribution in [1.29, 1.82) is 0 Å². The second-order valence-corrected chi connectivity index (χ2v) is 8.18. The second-order valence-electron chi connectivity index (χ2n) is 8.18. The van der Waals surface area contributed by atoms with Crippen molar-refractivity contribution in [3.8, 4) is 17.0 Å². The first kappa shape index (κ1) is 20.2. The molecule has 7 heteroatoms. The number of nitrogens with two attached hydrogens (primary N) is 1. The lowest BCUT2D eigenvalue weighted by Gasteiger charge is -2.11. The van der Waals surface area contributed by atoms with Crippen molar-refractivity contribution < 1.29 is 9.53 Å². The van der Waals surface area contributed by atoms with Crippen LogP contribution in [0.2, 0.25) is 0 Å². The van der Waals surface area contributed by atoms with Gasteiger partial charge in [0.2, 0.25) is 5.91 Å². The third-order valence-electron chi connectivity index (χ3n) is 5.94. The lowest BCUT2D eigenvalue weighted by Crippen LogP contribution is -2.13. The quantitative estimate of drug-likeness (QED) is 0.431. The summed E-state index contributed by atoms with van der Waals surface area (Å²) in [5.41, 5.74) is 11.2. The Balaban J connectivity index is 1.39. The smallest absolute Gasteiger partial charge is 0.227 e. The SMILES string of the molecule is CCn1c(-c2ccc(NC(=O)C3CC3)cc2)c(N)c2ccc(OCCn3ccnc3)cc21. The molecule has 4 aromatic rings. The van der Waals surface area contributed by atoms with Crippen LogP contribution in [0.5, 0.6) is 5.75 Å². The van der Waals surface area contributed by atoms with Crippen molar-refractivity contribution in [3.63, 3.8) is 0 Å². The number of hydrogen-bond acceptors (Lipinski definition) is 4. The van der Waals surface area contributed by atoms with Crippen molar-refractivity contribution in [2.75, 3.05) is 17.7 Å². The number of nitrogens with one attached hydrogen (secondary N) is 1. The van der Waals surface area contributed by atoms with Crippen LogP contribution in [0.15, 0.2) is 61.2 Å². The molecule has 0 atom stereocenters. The van der Waals surface area contributed by atoms with E-state index in [0.29, 0.717) is 6.61 Å². The molecule has 5 rings (SSSR count). The van der Waals surface area contributed by atoms with E-state index in [2.05, 4.69) is 27.9 Å². The van der Waals surface area contributed by atoms with E-state index in [4.69, 9.17) is 10.5 Å². The van der Waals surface area contributed by atoms with Gasteiger partial charge in [0.15, 0.2) is 0 Å². The number of nitrogen functional groups attached to an aromatic ring is 1. The van der Waals surface area contributed by atoms with E-state index in [1.54, 1.807) is 12.5 Å². The Morgan fingerprint density at radius 2 is 2.03 bits per heavy atom. The van der Waals surface area contributed by atoms with Gasteiger partial charge in [-0.2, -0.15) is 0 Å². The fourth-order valence-electron chi connectivity index (χ4n) is 4.07. The van der Waals surface area contributed by atoms with Crippen LogP contribution < -0.4 is 15.8 Å². The second kappa shape index (κ2) is 8.42. The minimum atomic E-state index is 0.112. The molecule has 164 valence electrons. The standard InChI is InChI=1S/C25H27N5O2/c1-2-30-22-15-20(32-14-13-29-12-11-27-16-29)9-10-21(22)23(26)24(30)17-5-7-19(8-6-17)28-25(31)18-3-4-18/h5-12,15-16,18H,2-4,13-14,26H2,1H3,(H,28,31). The molecule has 1 aliphatic rings. The Morgan fingerprint density at radius 1 is 1.22 bits per heavy atom. The van der Waals surface area contributed by atoms with E-state index < -0.39 is 0 Å². The lowest BCUT2D eigenvalue weighted by molar-refractivity contribution is -0.117. The predicted octanol–water partition coefficient (Wildman–Crippen LogP) is 4.53. The van der Waals surface area contributed by atoms with Gasteiger partial charge in [0.05, 0.1) is 29.8 Å². The number of rotatable bonds is 8. The number of aryl methyl sites for hydroxylation is 1. The topological polar surface area (TPSA) is 87.1 Å². The molecule has 2 heterocycles. The average molecular weight is 430 g/mol. The Labute approximate surface area is 186 Å². The van der Waals surface area contributed by atoms with Crippen molar-refractivity contribution in [2.24, 2.45) is 5.92 Å². The van der Waals surface area contributed by atoms with E-state index in [1.807, 2.05) is 47.2 Å². The molecule has 0 bridgehead atoms. The number of carbonyl (C=O) groups excluding carboxylic acids is 1. The van der Waals surface area contributed by atoms with Crippen molar-refractivity contribution in [2.45, 2.75) is 32.9 Å². The molecule has 7 nitrogen and oxygen atoms in total. The van der Waals surface area contributed by atoms with E-state index in [0.717, 1.165) is 65.2 Å². The number of amides is 1. The van der Waals surface area contributed by atoms with Gasteiger partial charge in [-0.1, -0.05) is 12.1 Å². The highest BCUT2D eigenvalue weighted by atomic mass is 16.5. The van der Waals surface area contributed by atoms with Crippen LogP contribution in [0.25, 0.3) is 22.2 Å². The minimum absolute atomic E-state index is 0.112. The van der Waals surface area contributed by atoms with Crippen LogP contribution in [-0.2, 0) is 17.9 Å². The lowest BCUT2D eigenvalue weighted by atomic mass is 10.1. The summed E-state index contributed by atoms with van der Waals surface area (Å²) in [4.78, 5) is 16.1. The molecule has 1 fully saturated rings. The monoisotopic (exact) mass is 429 g/mol. The maximum absolute atomic E-state index is 12.0. The molecule has 0 aliphatic heterocycles. The van der Waals surface area contributed by atoms with Gasteiger partial charge >= 0.3 is 0 Å². The third-order valence-corrected chi connectivity index (χ3v) is 5.94. The van der Waals surface area contributed by atoms with E-state index in [9.17, 15) is 4.79 Å². The zero-order valence-corrected chi connectivity index (χ0v) is 18.1. The van der Waals surface area contributed by atoms with E-state index in [1.165, 1.54) is 0 Å². The summed E-state index contributed by atoms with van der Waals surface area (Å²) in [6.07, 6.45) is 7.45. The summed E-state index contributed by atoms with van der Waals surface area (Å²) < 4.78 is 10.2. The number of benzene rings is 2. The summed E-state index contributed by atoms with van der Waals surface area (Å²) in [5, 5.41) is 4.00. The van der Waals surface area contributed by atoms with Gasteiger partial charge in [-0.3, -0.25) is 4.79 Å². The largest absolute Gasteiger partial charge is 0.492 e. The van der Waals surface area contributed by atoms with Gasteiger partial charge in [-0.05, 0) is 44.0 Å². The molecule has 0 saturated heterocycles. The highest BCUT2D eigenvalue weighted by Gasteiger charge is 2.29. The van der Waals surface area contributed by atoms with Crippen molar-refractivity contribution >= 4 is 28.2 Å². The average Bonchev–Trinajstić information content (AvgIpc) is 3.47. The van der Waals surface area contributed by atoms with E-state index >= 15 is 0 Å². The van der Waals surface area contributed by atoms with E-state index in [-0.39, 0.29) is 11.8 Å². The molecule has 1 saturated carbocycles. The van der Waals surface area contributed by atoms with Gasteiger partial charge in [-0.25, -0.2) is 4.98 Å². The molecule has 2 aromatic heterocycles. The molecular formula is C25H27N5O2. The van der Waals surface area contributed by atoms with Gasteiger partial charge in [0.1, 0.15) is 12.4 Å². The van der Waals surface area contributed by atoms with Crippen LogP contribution in [0.4, 0.5) is 11.4 Å². The first-order chi connectivity index (χ1) is 15.6. The van der Waals surface area contributed by atoms with Crippen LogP contribution in [0.3, 0.4) is 0 Å². The molecule has 1 amide bonds. The van der Waals surface area contributed by atoms with Crippen molar-refractivity contribution in [3.05, 3.63) is 61.2 Å². The predicted molar refractivity (Wildman–Crippen MR) is 127 cm³/mol. The molecule has 1 aliphatic carbocycles. The third kappa shape index (κ3) is 3.93. The number of fused-ring (bicyclic) bond motifs is 1. The number of hydrogen-bond donors (Lipinski definition) is 2. The van der Waals surface area contributed by atoms with Crippen LogP contribution in [0, 0.1) is 5.92 Å². The van der Waals surface area contributed by atoms with Crippen molar-refractivity contribution in [1.82, 2.24) is 14.1 Å². The zero-order valence-electron chi connectivity index (χ0n) is 18.1. The maximum atomic E-state index is 12.0. The summed E-state index contributed by atoms with van der Waals surface area (Å²) >= 11 is 0. The summed E-state index contributed by atoms with van der Waals surface area (Å²) in [6, 6.07) is 14.0. The number of imidazole rings is 1. The Bertz CT molecular complexity index is 1240. The highest BCUT2D eigenvalue weighted by Crippen LogP contribution is 2.38. The van der Waals surface area contributed by atoms with Crippen LogP contribution >= 0.6 is 0 Å². The summed E-state index contributed by atoms with van der Waals surface area (Å²) in [6.45, 7) is 4.19. The molecule has 0 spiro atoms. The fourth-order valence-corrected chi connectivity index (χ4v) is 4.07. The normalized spacial score (nSPS) is 13.4. The summed E-state index contributed by atoms with van der Waals surface area (Å²) in [7, 11) is 0. The molecule has 0 radical (unpaired) electrons. The molecule has 32 heavy (non-hydrogen) atoms. The maximum Gasteiger partial charge on any atom is 0.227 e. The molecule has 3 N–H and O–H groups in total.